The minimum absolute atomic E-state index is 0.0476. The maximum atomic E-state index is 13.3. The minimum atomic E-state index is -0.702. The lowest BCUT2D eigenvalue weighted by atomic mass is 10.1. The highest BCUT2D eigenvalue weighted by molar-refractivity contribution is 5.99. The molecule has 0 aliphatic rings. The van der Waals surface area contributed by atoms with E-state index in [0.717, 1.165) is 0 Å². The Morgan fingerprint density at radius 3 is 2.44 bits per heavy atom. The molecule has 1 amide bonds. The normalized spacial score (nSPS) is 10.9. The van der Waals surface area contributed by atoms with Crippen LogP contribution in [0.2, 0.25) is 0 Å². The Morgan fingerprint density at radius 2 is 1.89 bits per heavy atom. The number of rotatable bonds is 3. The number of nitrogens with one attached hydrogen (secondary N) is 1. The molecule has 0 aromatic heterocycles. The number of carbonyl (C=O) groups excluding carboxylic acids is 2. The Balaban J connectivity index is 2.52. The van der Waals surface area contributed by atoms with Gasteiger partial charge in [0.2, 0.25) is 0 Å². The standard InChI is InChI=1S/C13H16FNO3/c1-13(2,3)18-12(17)15-8-11(16)9-6-4-5-7-10(9)14/h4-7H,8H2,1-3H3,(H,15,17). The quantitative estimate of drug-likeness (QED) is 0.842. The fraction of sp³-hybridized carbons (Fsp3) is 0.385. The van der Waals surface area contributed by atoms with Gasteiger partial charge in [-0.05, 0) is 32.9 Å². The van der Waals surface area contributed by atoms with Crippen molar-refractivity contribution in [2.45, 2.75) is 26.4 Å². The summed E-state index contributed by atoms with van der Waals surface area (Å²) in [5.41, 5.74) is -0.681. The average Bonchev–Trinajstić information content (AvgIpc) is 2.24. The molecule has 0 fully saturated rings. The first-order valence-electron chi connectivity index (χ1n) is 5.54. The zero-order valence-electron chi connectivity index (χ0n) is 10.6. The van der Waals surface area contributed by atoms with Crippen LogP contribution in [0.3, 0.4) is 0 Å². The van der Waals surface area contributed by atoms with Crippen LogP contribution in [0, 0.1) is 5.82 Å². The van der Waals surface area contributed by atoms with Crippen LogP contribution in [0.15, 0.2) is 24.3 Å². The summed E-state index contributed by atoms with van der Waals surface area (Å²) in [7, 11) is 0. The van der Waals surface area contributed by atoms with Crippen molar-refractivity contribution in [1.82, 2.24) is 5.32 Å². The molecule has 1 aromatic rings. The molecule has 0 saturated carbocycles. The average molecular weight is 253 g/mol. The Bertz CT molecular complexity index is 452. The highest BCUT2D eigenvalue weighted by Gasteiger charge is 2.17. The van der Waals surface area contributed by atoms with Crippen molar-refractivity contribution < 1.29 is 18.7 Å². The fourth-order valence-corrected chi connectivity index (χ4v) is 1.25. The van der Waals surface area contributed by atoms with Crippen LogP contribution >= 0.6 is 0 Å². The molecule has 0 aliphatic heterocycles. The third-order valence-electron chi connectivity index (χ3n) is 1.97. The number of hydrogen-bond acceptors (Lipinski definition) is 3. The Morgan fingerprint density at radius 1 is 1.28 bits per heavy atom. The van der Waals surface area contributed by atoms with Crippen molar-refractivity contribution in [1.29, 1.82) is 0 Å². The number of Topliss-reactive ketones (excluding diaryl/α,β-unsaturated/α-hetero) is 1. The molecule has 0 unspecified atom stereocenters. The summed E-state index contributed by atoms with van der Waals surface area (Å²) >= 11 is 0. The van der Waals surface area contributed by atoms with Gasteiger partial charge in [-0.25, -0.2) is 9.18 Å². The third kappa shape index (κ3) is 4.53. The number of carbonyl (C=O) groups is 2. The molecule has 0 aliphatic carbocycles. The summed E-state index contributed by atoms with van der Waals surface area (Å²) < 4.78 is 18.2. The van der Waals surface area contributed by atoms with E-state index in [2.05, 4.69) is 5.32 Å². The molecule has 98 valence electrons. The van der Waals surface area contributed by atoms with Gasteiger partial charge in [0.05, 0.1) is 12.1 Å². The van der Waals surface area contributed by atoms with Crippen molar-refractivity contribution in [2.24, 2.45) is 0 Å². The fourth-order valence-electron chi connectivity index (χ4n) is 1.25. The zero-order chi connectivity index (χ0) is 13.8. The molecule has 1 aromatic carbocycles. The van der Waals surface area contributed by atoms with E-state index < -0.39 is 23.3 Å². The van der Waals surface area contributed by atoms with E-state index in [1.54, 1.807) is 26.8 Å². The van der Waals surface area contributed by atoms with Crippen LogP contribution < -0.4 is 5.32 Å². The second-order valence-electron chi connectivity index (χ2n) is 4.76. The number of halogens is 1. The Kier molecular flexibility index (Phi) is 4.42. The van der Waals surface area contributed by atoms with Gasteiger partial charge in [-0.1, -0.05) is 12.1 Å². The highest BCUT2D eigenvalue weighted by Crippen LogP contribution is 2.08. The molecular weight excluding hydrogens is 237 g/mol. The summed E-state index contributed by atoms with van der Waals surface area (Å²) in [5.74, 6) is -1.10. The van der Waals surface area contributed by atoms with E-state index >= 15 is 0 Å². The van der Waals surface area contributed by atoms with Crippen LogP contribution in [0.5, 0.6) is 0 Å². The molecular formula is C13H16FNO3. The number of hydrogen-bond donors (Lipinski definition) is 1. The number of ether oxygens (including phenoxy) is 1. The van der Waals surface area contributed by atoms with Gasteiger partial charge in [-0.2, -0.15) is 0 Å². The van der Waals surface area contributed by atoms with Crippen molar-refractivity contribution in [2.75, 3.05) is 6.54 Å². The van der Waals surface area contributed by atoms with Crippen LogP contribution in [0.25, 0.3) is 0 Å². The number of amides is 1. The highest BCUT2D eigenvalue weighted by atomic mass is 19.1. The second-order valence-corrected chi connectivity index (χ2v) is 4.76. The second kappa shape index (κ2) is 5.62. The minimum Gasteiger partial charge on any atom is -0.444 e. The zero-order valence-corrected chi connectivity index (χ0v) is 10.6. The first-order valence-corrected chi connectivity index (χ1v) is 5.54. The Hall–Kier alpha value is -1.91. The maximum Gasteiger partial charge on any atom is 0.408 e. The lowest BCUT2D eigenvalue weighted by Crippen LogP contribution is -2.35. The van der Waals surface area contributed by atoms with Crippen LogP contribution in [0.1, 0.15) is 31.1 Å². The van der Waals surface area contributed by atoms with Gasteiger partial charge in [-0.3, -0.25) is 4.79 Å². The van der Waals surface area contributed by atoms with E-state index in [1.807, 2.05) is 0 Å². The largest absolute Gasteiger partial charge is 0.444 e. The lowest BCUT2D eigenvalue weighted by molar-refractivity contribution is 0.0520. The number of ketones is 1. The van der Waals surface area contributed by atoms with E-state index in [1.165, 1.54) is 18.2 Å². The molecule has 0 saturated heterocycles. The SMILES string of the molecule is CC(C)(C)OC(=O)NCC(=O)c1ccccc1F. The van der Waals surface area contributed by atoms with Crippen LogP contribution in [0.4, 0.5) is 9.18 Å². The van der Waals surface area contributed by atoms with E-state index in [0.29, 0.717) is 0 Å². The van der Waals surface area contributed by atoms with Gasteiger partial charge in [-0.15, -0.1) is 0 Å². The first kappa shape index (κ1) is 14.2. The Labute approximate surface area is 105 Å². The van der Waals surface area contributed by atoms with Gasteiger partial charge in [0.1, 0.15) is 11.4 Å². The van der Waals surface area contributed by atoms with Crippen molar-refractivity contribution in [3.63, 3.8) is 0 Å². The molecule has 4 nitrogen and oxygen atoms in total. The number of alkyl carbamates (subject to hydrolysis) is 1. The van der Waals surface area contributed by atoms with Gasteiger partial charge >= 0.3 is 6.09 Å². The molecule has 1 rings (SSSR count). The smallest absolute Gasteiger partial charge is 0.408 e. The summed E-state index contributed by atoms with van der Waals surface area (Å²) in [6, 6.07) is 5.62. The molecule has 0 bridgehead atoms. The van der Waals surface area contributed by atoms with Gasteiger partial charge < -0.3 is 10.1 Å². The molecule has 0 heterocycles. The lowest BCUT2D eigenvalue weighted by Gasteiger charge is -2.19. The van der Waals surface area contributed by atoms with Gasteiger partial charge in [0.15, 0.2) is 5.78 Å². The predicted octanol–water partition coefficient (Wildman–Crippen LogP) is 2.53. The molecule has 18 heavy (non-hydrogen) atoms. The predicted molar refractivity (Wildman–Crippen MR) is 65.0 cm³/mol. The van der Waals surface area contributed by atoms with E-state index in [4.69, 9.17) is 4.74 Å². The monoisotopic (exact) mass is 253 g/mol. The summed E-state index contributed by atoms with van der Waals surface area (Å²) in [6.07, 6.45) is -0.702. The van der Waals surface area contributed by atoms with Gasteiger partial charge in [0.25, 0.3) is 0 Å². The summed E-state index contributed by atoms with van der Waals surface area (Å²) in [6.45, 7) is 4.84. The summed E-state index contributed by atoms with van der Waals surface area (Å²) in [4.78, 5) is 22.9. The third-order valence-corrected chi connectivity index (χ3v) is 1.97. The van der Waals surface area contributed by atoms with Crippen molar-refractivity contribution >= 4 is 11.9 Å². The first-order chi connectivity index (χ1) is 8.29. The van der Waals surface area contributed by atoms with E-state index in [9.17, 15) is 14.0 Å². The topological polar surface area (TPSA) is 55.4 Å². The maximum absolute atomic E-state index is 13.3. The van der Waals surface area contributed by atoms with Crippen molar-refractivity contribution in [3.05, 3.63) is 35.6 Å². The molecule has 0 atom stereocenters. The molecule has 0 radical (unpaired) electrons. The molecule has 0 spiro atoms. The van der Waals surface area contributed by atoms with E-state index in [-0.39, 0.29) is 12.1 Å². The molecule has 1 N–H and O–H groups in total. The van der Waals surface area contributed by atoms with Gasteiger partial charge in [0, 0.05) is 0 Å². The van der Waals surface area contributed by atoms with Crippen molar-refractivity contribution in [3.8, 4) is 0 Å². The van der Waals surface area contributed by atoms with Crippen LogP contribution in [-0.4, -0.2) is 24.0 Å². The van der Waals surface area contributed by atoms with Crippen LogP contribution in [-0.2, 0) is 4.74 Å². The number of benzene rings is 1. The molecule has 5 heteroatoms. The summed E-state index contributed by atoms with van der Waals surface area (Å²) in [5, 5.41) is 2.29.